The molecule has 0 saturated carbocycles. The Bertz CT molecular complexity index is 952. The number of carbonyl (C=O) groups is 1. The zero-order valence-electron chi connectivity index (χ0n) is 16.1. The minimum absolute atomic E-state index is 0.0411. The van der Waals surface area contributed by atoms with E-state index in [2.05, 4.69) is 19.1 Å². The number of rotatable bonds is 7. The van der Waals surface area contributed by atoms with E-state index in [-0.39, 0.29) is 11.2 Å². The molecule has 3 nitrogen and oxygen atoms in total. The Kier molecular flexibility index (Phi) is 6.77. The molecule has 0 spiro atoms. The molecule has 1 atom stereocenters. The lowest BCUT2D eigenvalue weighted by atomic mass is 9.97. The van der Waals surface area contributed by atoms with E-state index in [1.54, 1.807) is 30.8 Å². The maximum Gasteiger partial charge on any atom is 0.338 e. The predicted octanol–water partition coefficient (Wildman–Crippen LogP) is 6.08. The van der Waals surface area contributed by atoms with Crippen LogP contribution in [0.15, 0.2) is 72.8 Å². The van der Waals surface area contributed by atoms with Gasteiger partial charge in [-0.3, -0.25) is 0 Å². The van der Waals surface area contributed by atoms with E-state index in [9.17, 15) is 9.90 Å². The molecule has 0 aliphatic rings. The third-order valence-corrected chi connectivity index (χ3v) is 5.64. The molecular formula is C24H24O3S. The smallest absolute Gasteiger partial charge is 0.338 e. The van der Waals surface area contributed by atoms with Crippen molar-refractivity contribution in [2.24, 2.45) is 0 Å². The highest BCUT2D eigenvalue weighted by atomic mass is 32.2. The van der Waals surface area contributed by atoms with Crippen LogP contribution < -0.4 is 0 Å². The van der Waals surface area contributed by atoms with Crippen LogP contribution in [0.1, 0.15) is 40.6 Å². The fourth-order valence-electron chi connectivity index (χ4n) is 3.16. The first-order valence-corrected chi connectivity index (χ1v) is 10.5. The Hall–Kier alpha value is -2.72. The highest BCUT2D eigenvalue weighted by Crippen LogP contribution is 2.40. The van der Waals surface area contributed by atoms with Gasteiger partial charge in [0.05, 0.1) is 17.4 Å². The zero-order chi connectivity index (χ0) is 19.9. The van der Waals surface area contributed by atoms with Gasteiger partial charge in [-0.15, -0.1) is 11.8 Å². The predicted molar refractivity (Wildman–Crippen MR) is 116 cm³/mol. The molecule has 3 aromatic rings. The monoisotopic (exact) mass is 392 g/mol. The molecule has 28 heavy (non-hydrogen) atoms. The first kappa shape index (κ1) is 20.0. The molecule has 4 heteroatoms. The zero-order valence-corrected chi connectivity index (χ0v) is 16.9. The van der Waals surface area contributed by atoms with E-state index >= 15 is 0 Å². The van der Waals surface area contributed by atoms with Crippen LogP contribution in [0.4, 0.5) is 0 Å². The van der Waals surface area contributed by atoms with Gasteiger partial charge in [0.25, 0.3) is 0 Å². The summed E-state index contributed by atoms with van der Waals surface area (Å²) in [6.07, 6.45) is 0. The summed E-state index contributed by atoms with van der Waals surface area (Å²) in [5.74, 6) is 0.930. The number of phenolic OH excluding ortho intramolecular Hbond substituents is 1. The van der Waals surface area contributed by atoms with Crippen LogP contribution in [-0.2, 0) is 4.74 Å². The van der Waals surface area contributed by atoms with Gasteiger partial charge in [0.2, 0.25) is 0 Å². The van der Waals surface area contributed by atoms with Crippen LogP contribution in [0.2, 0.25) is 0 Å². The van der Waals surface area contributed by atoms with E-state index in [1.165, 1.54) is 0 Å². The molecule has 0 heterocycles. The number of ether oxygens (including phenoxy) is 1. The summed E-state index contributed by atoms with van der Waals surface area (Å²) >= 11 is 1.78. The molecule has 0 aliphatic carbocycles. The molecule has 1 unspecified atom stereocenters. The highest BCUT2D eigenvalue weighted by molar-refractivity contribution is 7.99. The quantitative estimate of drug-likeness (QED) is 0.495. The largest absolute Gasteiger partial charge is 0.508 e. The molecule has 144 valence electrons. The molecule has 0 radical (unpaired) electrons. The van der Waals surface area contributed by atoms with Crippen molar-refractivity contribution in [3.63, 3.8) is 0 Å². The SMILES string of the molecule is CCOC(=O)c1cccc(-c2cccc(C(SCC)c3ccccc3O)c2)c1. The first-order chi connectivity index (χ1) is 13.6. The standard InChI is InChI=1S/C24H24O3S/c1-3-27-24(26)20-12-8-10-18(16-20)17-9-7-11-19(15-17)23(28-4-2)21-13-5-6-14-22(21)25/h5-16,23,25H,3-4H2,1-2H3. The number of carbonyl (C=O) groups excluding carboxylic acids is 1. The second kappa shape index (κ2) is 9.47. The summed E-state index contributed by atoms with van der Waals surface area (Å²) in [5.41, 5.74) is 4.56. The molecule has 0 fully saturated rings. The summed E-state index contributed by atoms with van der Waals surface area (Å²) in [7, 11) is 0. The Labute approximate surface area is 170 Å². The Morgan fingerprint density at radius 2 is 1.68 bits per heavy atom. The van der Waals surface area contributed by atoms with E-state index in [0.29, 0.717) is 17.9 Å². The van der Waals surface area contributed by atoms with Crippen molar-refractivity contribution in [3.8, 4) is 16.9 Å². The third-order valence-electron chi connectivity index (χ3n) is 4.45. The molecule has 3 aromatic carbocycles. The number of aromatic hydroxyl groups is 1. The van der Waals surface area contributed by atoms with Crippen LogP contribution in [0.25, 0.3) is 11.1 Å². The van der Waals surface area contributed by atoms with Crippen molar-refractivity contribution in [3.05, 3.63) is 89.5 Å². The van der Waals surface area contributed by atoms with Crippen LogP contribution in [0.5, 0.6) is 5.75 Å². The lowest BCUT2D eigenvalue weighted by Crippen LogP contribution is -2.04. The fourth-order valence-corrected chi connectivity index (χ4v) is 4.21. The molecule has 0 aliphatic heterocycles. The number of benzene rings is 3. The maximum absolute atomic E-state index is 12.1. The van der Waals surface area contributed by atoms with Gasteiger partial charge in [-0.1, -0.05) is 55.5 Å². The number of hydrogen-bond acceptors (Lipinski definition) is 4. The molecule has 0 amide bonds. The van der Waals surface area contributed by atoms with E-state index < -0.39 is 0 Å². The molecule has 3 rings (SSSR count). The first-order valence-electron chi connectivity index (χ1n) is 9.41. The fraction of sp³-hybridized carbons (Fsp3) is 0.208. The van der Waals surface area contributed by atoms with Gasteiger partial charge in [0.1, 0.15) is 5.75 Å². The van der Waals surface area contributed by atoms with Crippen LogP contribution in [0.3, 0.4) is 0 Å². The maximum atomic E-state index is 12.1. The average molecular weight is 393 g/mol. The van der Waals surface area contributed by atoms with Crippen LogP contribution >= 0.6 is 11.8 Å². The Morgan fingerprint density at radius 1 is 0.964 bits per heavy atom. The topological polar surface area (TPSA) is 46.5 Å². The molecule has 1 N–H and O–H groups in total. The number of hydrogen-bond donors (Lipinski definition) is 1. The van der Waals surface area contributed by atoms with Gasteiger partial charge in [-0.2, -0.15) is 0 Å². The molecule has 0 bridgehead atoms. The van der Waals surface area contributed by atoms with E-state index in [1.807, 2.05) is 48.5 Å². The Morgan fingerprint density at radius 3 is 2.39 bits per heavy atom. The average Bonchev–Trinajstić information content (AvgIpc) is 2.73. The summed E-state index contributed by atoms with van der Waals surface area (Å²) in [6.45, 7) is 4.27. The second-order valence-corrected chi connectivity index (χ2v) is 7.70. The third kappa shape index (κ3) is 4.57. The van der Waals surface area contributed by atoms with Gasteiger partial charge in [-0.25, -0.2) is 4.79 Å². The van der Waals surface area contributed by atoms with E-state index in [4.69, 9.17) is 4.74 Å². The number of phenols is 1. The summed E-state index contributed by atoms with van der Waals surface area (Å²) in [6, 6.07) is 23.2. The van der Waals surface area contributed by atoms with Crippen molar-refractivity contribution in [1.29, 1.82) is 0 Å². The lowest BCUT2D eigenvalue weighted by Gasteiger charge is -2.19. The highest BCUT2D eigenvalue weighted by Gasteiger charge is 2.18. The normalized spacial score (nSPS) is 11.8. The van der Waals surface area contributed by atoms with Gasteiger partial charge in [0, 0.05) is 5.56 Å². The number of thioether (sulfide) groups is 1. The van der Waals surface area contributed by atoms with Gasteiger partial charge < -0.3 is 9.84 Å². The van der Waals surface area contributed by atoms with Crippen molar-refractivity contribution in [1.82, 2.24) is 0 Å². The Balaban J connectivity index is 1.98. The van der Waals surface area contributed by atoms with Crippen LogP contribution in [0, 0.1) is 0 Å². The van der Waals surface area contributed by atoms with Crippen LogP contribution in [-0.4, -0.2) is 23.4 Å². The van der Waals surface area contributed by atoms with Crippen molar-refractivity contribution < 1.29 is 14.6 Å². The lowest BCUT2D eigenvalue weighted by molar-refractivity contribution is 0.0526. The minimum Gasteiger partial charge on any atom is -0.508 e. The summed E-state index contributed by atoms with van der Waals surface area (Å²) < 4.78 is 5.11. The van der Waals surface area contributed by atoms with Gasteiger partial charge in [-0.05, 0) is 53.6 Å². The molecule has 0 aromatic heterocycles. The van der Waals surface area contributed by atoms with Gasteiger partial charge >= 0.3 is 5.97 Å². The second-order valence-electron chi connectivity index (χ2n) is 6.32. The number of esters is 1. The van der Waals surface area contributed by atoms with Crippen molar-refractivity contribution in [2.45, 2.75) is 19.1 Å². The minimum atomic E-state index is -0.311. The summed E-state index contributed by atoms with van der Waals surface area (Å²) in [5, 5.41) is 10.4. The van der Waals surface area contributed by atoms with Gasteiger partial charge in [0.15, 0.2) is 0 Å². The van der Waals surface area contributed by atoms with E-state index in [0.717, 1.165) is 28.0 Å². The molecule has 0 saturated heterocycles. The molecular weight excluding hydrogens is 368 g/mol. The van der Waals surface area contributed by atoms with Crippen molar-refractivity contribution >= 4 is 17.7 Å². The van der Waals surface area contributed by atoms with Crippen molar-refractivity contribution in [2.75, 3.05) is 12.4 Å². The number of para-hydroxylation sites is 1. The summed E-state index contributed by atoms with van der Waals surface area (Å²) in [4.78, 5) is 12.1.